The van der Waals surface area contributed by atoms with Gasteiger partial charge in [0.1, 0.15) is 11.5 Å². The first-order valence-electron chi connectivity index (χ1n) is 8.21. The van der Waals surface area contributed by atoms with Crippen LogP contribution in [0, 0.1) is 5.92 Å². The van der Waals surface area contributed by atoms with E-state index >= 15 is 0 Å². The van der Waals surface area contributed by atoms with Crippen molar-refractivity contribution < 1.29 is 37.0 Å². The highest BCUT2D eigenvalue weighted by atomic mass is 19.4. The van der Waals surface area contributed by atoms with Crippen LogP contribution in [0.25, 0.3) is 11.3 Å². The molecule has 0 bridgehead atoms. The fourth-order valence-electron chi connectivity index (χ4n) is 3.00. The van der Waals surface area contributed by atoms with Gasteiger partial charge >= 0.3 is 12.3 Å². The van der Waals surface area contributed by atoms with Crippen LogP contribution in [0.5, 0.6) is 5.75 Å². The molecule has 3 rings (SSSR count). The maximum atomic E-state index is 12.6. The van der Waals surface area contributed by atoms with Gasteiger partial charge in [0.25, 0.3) is 5.91 Å². The molecular weight excluding hydrogens is 367 g/mol. The van der Waals surface area contributed by atoms with Crippen LogP contribution in [0.4, 0.5) is 13.2 Å². The molecule has 2 aromatic rings. The van der Waals surface area contributed by atoms with E-state index in [2.05, 4.69) is 4.74 Å². The molecule has 27 heavy (non-hydrogen) atoms. The van der Waals surface area contributed by atoms with E-state index in [1.807, 2.05) is 0 Å². The maximum Gasteiger partial charge on any atom is 0.573 e. The van der Waals surface area contributed by atoms with Gasteiger partial charge in [0, 0.05) is 13.1 Å². The van der Waals surface area contributed by atoms with Crippen LogP contribution >= 0.6 is 0 Å². The van der Waals surface area contributed by atoms with Crippen molar-refractivity contribution in [3.05, 3.63) is 42.2 Å². The minimum absolute atomic E-state index is 0.0463. The number of likely N-dealkylation sites (tertiary alicyclic amines) is 1. The summed E-state index contributed by atoms with van der Waals surface area (Å²) >= 11 is 0. The SMILES string of the molecule is O=C(O)[C@H]1CCCN(C(=O)c2ccc(-c3ccccc3OC(F)(F)F)o2)C1. The summed E-state index contributed by atoms with van der Waals surface area (Å²) in [6.45, 7) is 0.463. The first-order valence-corrected chi connectivity index (χ1v) is 8.21. The van der Waals surface area contributed by atoms with Gasteiger partial charge in [-0.25, -0.2) is 0 Å². The molecule has 1 aliphatic heterocycles. The summed E-state index contributed by atoms with van der Waals surface area (Å²) in [6, 6.07) is 8.17. The molecule has 1 amide bonds. The molecule has 0 aliphatic carbocycles. The van der Waals surface area contributed by atoms with Gasteiger partial charge in [0.05, 0.1) is 11.5 Å². The Balaban J connectivity index is 1.81. The Morgan fingerprint density at radius 1 is 1.19 bits per heavy atom. The molecule has 2 heterocycles. The highest BCUT2D eigenvalue weighted by Gasteiger charge is 2.33. The Morgan fingerprint density at radius 3 is 2.63 bits per heavy atom. The number of benzene rings is 1. The number of aliphatic carboxylic acids is 1. The van der Waals surface area contributed by atoms with E-state index in [1.54, 1.807) is 0 Å². The van der Waals surface area contributed by atoms with Crippen LogP contribution in [0.1, 0.15) is 23.4 Å². The van der Waals surface area contributed by atoms with E-state index in [1.165, 1.54) is 35.2 Å². The highest BCUT2D eigenvalue weighted by Crippen LogP contribution is 2.35. The zero-order valence-corrected chi connectivity index (χ0v) is 14.0. The number of rotatable bonds is 4. The Kier molecular flexibility index (Phi) is 5.11. The molecule has 6 nitrogen and oxygen atoms in total. The number of hydrogen-bond acceptors (Lipinski definition) is 4. The van der Waals surface area contributed by atoms with Crippen LogP contribution < -0.4 is 4.74 Å². The molecule has 0 saturated carbocycles. The van der Waals surface area contributed by atoms with Crippen molar-refractivity contribution in [2.45, 2.75) is 19.2 Å². The molecule has 1 fully saturated rings. The molecule has 1 aromatic carbocycles. The quantitative estimate of drug-likeness (QED) is 0.869. The summed E-state index contributed by atoms with van der Waals surface area (Å²) in [6.07, 6.45) is -3.82. The highest BCUT2D eigenvalue weighted by molar-refractivity contribution is 5.92. The number of amides is 1. The molecule has 144 valence electrons. The van der Waals surface area contributed by atoms with E-state index in [9.17, 15) is 22.8 Å². The van der Waals surface area contributed by atoms with Crippen molar-refractivity contribution in [2.75, 3.05) is 13.1 Å². The van der Waals surface area contributed by atoms with Crippen molar-refractivity contribution in [2.24, 2.45) is 5.92 Å². The van der Waals surface area contributed by atoms with Gasteiger partial charge in [-0.3, -0.25) is 9.59 Å². The zero-order valence-electron chi connectivity index (χ0n) is 14.0. The Labute approximate surface area is 152 Å². The number of carbonyl (C=O) groups excluding carboxylic acids is 1. The minimum Gasteiger partial charge on any atom is -0.481 e. The van der Waals surface area contributed by atoms with Crippen LogP contribution in [-0.2, 0) is 4.79 Å². The van der Waals surface area contributed by atoms with Gasteiger partial charge in [0.15, 0.2) is 5.76 Å². The lowest BCUT2D eigenvalue weighted by Gasteiger charge is -2.29. The molecule has 0 radical (unpaired) electrons. The van der Waals surface area contributed by atoms with Gasteiger partial charge in [-0.2, -0.15) is 0 Å². The average Bonchev–Trinajstić information content (AvgIpc) is 3.10. The number of carboxylic acids is 1. The van der Waals surface area contributed by atoms with E-state index in [0.717, 1.165) is 6.07 Å². The largest absolute Gasteiger partial charge is 0.573 e. The van der Waals surface area contributed by atoms with Crippen molar-refractivity contribution in [1.82, 2.24) is 4.90 Å². The summed E-state index contributed by atoms with van der Waals surface area (Å²) < 4.78 is 47.1. The second-order valence-electron chi connectivity index (χ2n) is 6.14. The number of nitrogens with zero attached hydrogens (tertiary/aromatic N) is 1. The minimum atomic E-state index is -4.86. The van der Waals surface area contributed by atoms with Crippen molar-refractivity contribution >= 4 is 11.9 Å². The first kappa shape index (κ1) is 18.8. The number of furan rings is 1. The third-order valence-corrected chi connectivity index (χ3v) is 4.25. The van der Waals surface area contributed by atoms with Gasteiger partial charge in [-0.05, 0) is 37.1 Å². The number of carbonyl (C=O) groups is 2. The van der Waals surface area contributed by atoms with Crippen LogP contribution in [0.2, 0.25) is 0 Å². The second-order valence-corrected chi connectivity index (χ2v) is 6.14. The van der Waals surface area contributed by atoms with Gasteiger partial charge in [0.2, 0.25) is 0 Å². The predicted molar refractivity (Wildman–Crippen MR) is 87.1 cm³/mol. The number of ether oxygens (including phenoxy) is 1. The molecule has 1 aliphatic rings. The van der Waals surface area contributed by atoms with Gasteiger partial charge in [-0.15, -0.1) is 13.2 Å². The molecule has 1 saturated heterocycles. The smallest absolute Gasteiger partial charge is 0.481 e. The van der Waals surface area contributed by atoms with Crippen molar-refractivity contribution in [3.8, 4) is 17.1 Å². The summed E-state index contributed by atoms with van der Waals surface area (Å²) in [7, 11) is 0. The lowest BCUT2D eigenvalue weighted by Crippen LogP contribution is -2.42. The lowest BCUT2D eigenvalue weighted by molar-refractivity contribution is -0.274. The van der Waals surface area contributed by atoms with Crippen molar-refractivity contribution in [1.29, 1.82) is 0 Å². The van der Waals surface area contributed by atoms with E-state index in [-0.39, 0.29) is 23.6 Å². The second kappa shape index (κ2) is 7.34. The third-order valence-electron chi connectivity index (χ3n) is 4.25. The maximum absolute atomic E-state index is 12.6. The number of hydrogen-bond donors (Lipinski definition) is 1. The Morgan fingerprint density at radius 2 is 1.93 bits per heavy atom. The van der Waals surface area contributed by atoms with Crippen LogP contribution in [-0.4, -0.2) is 41.3 Å². The lowest BCUT2D eigenvalue weighted by atomic mass is 9.98. The molecule has 1 aromatic heterocycles. The van der Waals surface area contributed by atoms with E-state index in [4.69, 9.17) is 9.52 Å². The number of piperidine rings is 1. The summed E-state index contributed by atoms with van der Waals surface area (Å²) in [5.41, 5.74) is 0.0518. The summed E-state index contributed by atoms with van der Waals surface area (Å²) in [4.78, 5) is 25.1. The summed E-state index contributed by atoms with van der Waals surface area (Å²) in [5, 5.41) is 9.12. The predicted octanol–water partition coefficient (Wildman–Crippen LogP) is 3.78. The van der Waals surface area contributed by atoms with Gasteiger partial charge in [-0.1, -0.05) is 12.1 Å². The Bertz CT molecular complexity index is 846. The number of halogens is 3. The molecule has 1 atom stereocenters. The summed E-state index contributed by atoms with van der Waals surface area (Å²) in [5.74, 6) is -2.57. The number of alkyl halides is 3. The van der Waals surface area contributed by atoms with Crippen LogP contribution in [0.3, 0.4) is 0 Å². The van der Waals surface area contributed by atoms with E-state index < -0.39 is 29.9 Å². The van der Waals surface area contributed by atoms with Crippen LogP contribution in [0.15, 0.2) is 40.8 Å². The third kappa shape index (κ3) is 4.42. The fraction of sp³-hybridized carbons (Fsp3) is 0.333. The standard InChI is InChI=1S/C18H16F3NO5/c19-18(20,21)27-14-6-2-1-5-12(14)13-7-8-15(26-13)16(23)22-9-3-4-11(10-22)17(24)25/h1-2,5-8,11H,3-4,9-10H2,(H,24,25)/t11-/m0/s1. The molecule has 0 spiro atoms. The van der Waals surface area contributed by atoms with Gasteiger partial charge < -0.3 is 19.2 Å². The monoisotopic (exact) mass is 383 g/mol. The molecule has 1 N–H and O–H groups in total. The normalized spacial score (nSPS) is 17.6. The number of carboxylic acid groups (broad SMARTS) is 1. The van der Waals surface area contributed by atoms with Crippen molar-refractivity contribution in [3.63, 3.8) is 0 Å². The fourth-order valence-corrected chi connectivity index (χ4v) is 3.00. The van der Waals surface area contributed by atoms with E-state index in [0.29, 0.717) is 19.4 Å². The molecule has 0 unspecified atom stereocenters. The Hall–Kier alpha value is -2.97. The topological polar surface area (TPSA) is 80.0 Å². The number of para-hydroxylation sites is 1. The first-order chi connectivity index (χ1) is 12.7. The molecule has 9 heteroatoms. The zero-order chi connectivity index (χ0) is 19.6. The average molecular weight is 383 g/mol. The molecular formula is C18H16F3NO5.